The van der Waals surface area contributed by atoms with Crippen LogP contribution in [0.25, 0.3) is 0 Å². The topological polar surface area (TPSA) is 68.4 Å². The second-order valence-electron chi connectivity index (χ2n) is 3.39. The van der Waals surface area contributed by atoms with Crippen LogP contribution in [0.1, 0.15) is 12.0 Å². The fraction of sp³-hybridized carbons (Fsp3) is 0.444. The van der Waals surface area contributed by atoms with Crippen LogP contribution in [0.4, 0.5) is 0 Å². The summed E-state index contributed by atoms with van der Waals surface area (Å²) in [6.45, 7) is 0.333. The number of hydrogen-bond donors (Lipinski definition) is 2. The fourth-order valence-electron chi connectivity index (χ4n) is 1.59. The number of hydrogen-bond acceptors (Lipinski definition) is 4. The highest BCUT2D eigenvalue weighted by molar-refractivity contribution is 6.31. The molecule has 14 heavy (non-hydrogen) atoms. The van der Waals surface area contributed by atoms with Gasteiger partial charge in [-0.2, -0.15) is 0 Å². The molecule has 76 valence electrons. The van der Waals surface area contributed by atoms with Gasteiger partial charge in [0.25, 0.3) is 0 Å². The molecule has 1 aromatic rings. The quantitative estimate of drug-likeness (QED) is 0.674. The highest BCUT2D eigenvalue weighted by Crippen LogP contribution is 2.38. The number of aromatic nitrogens is 1. The van der Waals surface area contributed by atoms with Crippen molar-refractivity contribution in [3.05, 3.63) is 23.0 Å². The van der Waals surface area contributed by atoms with E-state index in [1.54, 1.807) is 12.3 Å². The third kappa shape index (κ3) is 1.35. The van der Waals surface area contributed by atoms with E-state index in [4.69, 9.17) is 22.1 Å². The predicted octanol–water partition coefficient (Wildman–Crippen LogP) is 0.664. The third-order valence-electron chi connectivity index (χ3n) is 2.47. The Kier molecular flexibility index (Phi) is 2.34. The number of nitrogens with zero attached hydrogens (tertiary/aromatic N) is 1. The molecule has 2 heterocycles. The molecule has 0 saturated heterocycles. The lowest BCUT2D eigenvalue weighted by atomic mass is 9.87. The van der Waals surface area contributed by atoms with Gasteiger partial charge in [-0.3, -0.25) is 0 Å². The minimum atomic E-state index is -0.750. The van der Waals surface area contributed by atoms with Crippen molar-refractivity contribution in [2.45, 2.75) is 12.0 Å². The lowest BCUT2D eigenvalue weighted by molar-refractivity contribution is 0.138. The second-order valence-corrected chi connectivity index (χ2v) is 3.75. The van der Waals surface area contributed by atoms with Gasteiger partial charge in [0.1, 0.15) is 0 Å². The Bertz CT molecular complexity index is 359. The molecular formula is C9H11ClN2O2. The molecule has 2 rings (SSSR count). The van der Waals surface area contributed by atoms with Gasteiger partial charge < -0.3 is 15.6 Å². The molecule has 0 spiro atoms. The first kappa shape index (κ1) is 9.71. The van der Waals surface area contributed by atoms with Gasteiger partial charge in [-0.1, -0.05) is 11.6 Å². The van der Waals surface area contributed by atoms with Gasteiger partial charge in [0.05, 0.1) is 18.8 Å². The van der Waals surface area contributed by atoms with Gasteiger partial charge in [0, 0.05) is 18.2 Å². The van der Waals surface area contributed by atoms with Crippen LogP contribution in [0.2, 0.25) is 5.15 Å². The third-order valence-corrected chi connectivity index (χ3v) is 2.74. The molecule has 3 N–H and O–H groups in total. The molecule has 1 aromatic heterocycles. The van der Waals surface area contributed by atoms with E-state index in [1.807, 2.05) is 0 Å². The highest BCUT2D eigenvalue weighted by Gasteiger charge is 2.34. The number of pyridine rings is 1. The summed E-state index contributed by atoms with van der Waals surface area (Å²) in [6.07, 6.45) is 2.14. The maximum atomic E-state index is 9.24. The summed E-state index contributed by atoms with van der Waals surface area (Å²) in [5.41, 5.74) is 6.00. The van der Waals surface area contributed by atoms with Crippen LogP contribution in [-0.2, 0) is 5.54 Å². The zero-order valence-electron chi connectivity index (χ0n) is 7.53. The van der Waals surface area contributed by atoms with Crippen molar-refractivity contribution in [2.75, 3.05) is 13.2 Å². The minimum absolute atomic E-state index is 0.121. The number of rotatable bonds is 1. The molecule has 1 atom stereocenters. The fourth-order valence-corrected chi connectivity index (χ4v) is 1.80. The van der Waals surface area contributed by atoms with Crippen molar-refractivity contribution < 1.29 is 9.84 Å². The van der Waals surface area contributed by atoms with Crippen LogP contribution in [0, 0.1) is 0 Å². The van der Waals surface area contributed by atoms with Crippen molar-refractivity contribution in [2.24, 2.45) is 5.73 Å². The van der Waals surface area contributed by atoms with Crippen molar-refractivity contribution in [3.63, 3.8) is 0 Å². The molecule has 5 heteroatoms. The minimum Gasteiger partial charge on any atom is -0.490 e. The monoisotopic (exact) mass is 214 g/mol. The molecule has 1 aliphatic rings. The number of aliphatic hydroxyl groups is 1. The SMILES string of the molecule is N[C@@]1(CO)CCOc2c1ccnc2Cl. The first-order valence-electron chi connectivity index (χ1n) is 4.35. The Balaban J connectivity index is 2.55. The molecule has 0 aliphatic carbocycles. The van der Waals surface area contributed by atoms with Crippen LogP contribution >= 0.6 is 11.6 Å². The van der Waals surface area contributed by atoms with Crippen molar-refractivity contribution in [1.82, 2.24) is 4.98 Å². The maximum Gasteiger partial charge on any atom is 0.171 e. The lowest BCUT2D eigenvalue weighted by Crippen LogP contribution is -2.44. The van der Waals surface area contributed by atoms with Gasteiger partial charge in [0.2, 0.25) is 0 Å². The second kappa shape index (κ2) is 3.38. The molecule has 0 unspecified atom stereocenters. The molecule has 0 saturated carbocycles. The van der Waals surface area contributed by atoms with Crippen LogP contribution < -0.4 is 10.5 Å². The molecule has 0 fully saturated rings. The van der Waals surface area contributed by atoms with Crippen LogP contribution in [0.5, 0.6) is 5.75 Å². The van der Waals surface area contributed by atoms with E-state index in [9.17, 15) is 5.11 Å². The number of nitrogens with two attached hydrogens (primary N) is 1. The number of aliphatic hydroxyl groups excluding tert-OH is 1. The summed E-state index contributed by atoms with van der Waals surface area (Å²) in [5, 5.41) is 9.54. The van der Waals surface area contributed by atoms with Gasteiger partial charge in [-0.05, 0) is 6.07 Å². The van der Waals surface area contributed by atoms with E-state index < -0.39 is 5.54 Å². The summed E-state index contributed by atoms with van der Waals surface area (Å²) < 4.78 is 5.37. The average molecular weight is 215 g/mol. The van der Waals surface area contributed by atoms with E-state index in [1.165, 1.54) is 0 Å². The van der Waals surface area contributed by atoms with Gasteiger partial charge in [-0.15, -0.1) is 0 Å². The van der Waals surface area contributed by atoms with Crippen LogP contribution in [-0.4, -0.2) is 23.3 Å². The summed E-state index contributed by atoms with van der Waals surface area (Å²) in [7, 11) is 0. The number of ether oxygens (including phenoxy) is 1. The molecule has 0 amide bonds. The maximum absolute atomic E-state index is 9.24. The van der Waals surface area contributed by atoms with Crippen LogP contribution in [0.15, 0.2) is 12.3 Å². The standard InChI is InChI=1S/C9H11ClN2O2/c10-8-7-6(1-3-12-8)9(11,5-13)2-4-14-7/h1,3,13H,2,4-5,11H2/t9-/m1/s1. The van der Waals surface area contributed by atoms with Crippen molar-refractivity contribution in [3.8, 4) is 5.75 Å². The van der Waals surface area contributed by atoms with Crippen molar-refractivity contribution >= 4 is 11.6 Å². The largest absolute Gasteiger partial charge is 0.490 e. The van der Waals surface area contributed by atoms with Crippen LogP contribution in [0.3, 0.4) is 0 Å². The highest BCUT2D eigenvalue weighted by atomic mass is 35.5. The number of fused-ring (bicyclic) bond motifs is 1. The Labute approximate surface area is 86.7 Å². The smallest absolute Gasteiger partial charge is 0.171 e. The Hall–Kier alpha value is -0.840. The molecule has 0 radical (unpaired) electrons. The molecule has 1 aliphatic heterocycles. The van der Waals surface area contributed by atoms with E-state index >= 15 is 0 Å². The predicted molar refractivity (Wildman–Crippen MR) is 52.3 cm³/mol. The van der Waals surface area contributed by atoms with E-state index in [2.05, 4.69) is 4.98 Å². The number of halogens is 1. The molecule has 0 aromatic carbocycles. The van der Waals surface area contributed by atoms with E-state index in [-0.39, 0.29) is 6.61 Å². The van der Waals surface area contributed by atoms with E-state index in [0.717, 1.165) is 5.56 Å². The first-order chi connectivity index (χ1) is 6.67. The van der Waals surface area contributed by atoms with Gasteiger partial charge in [-0.25, -0.2) is 4.98 Å². The summed E-state index contributed by atoms with van der Waals surface area (Å²) >= 11 is 5.85. The summed E-state index contributed by atoms with van der Waals surface area (Å²) in [6, 6.07) is 1.73. The Morgan fingerprint density at radius 2 is 2.50 bits per heavy atom. The Morgan fingerprint density at radius 3 is 3.21 bits per heavy atom. The van der Waals surface area contributed by atoms with E-state index in [0.29, 0.717) is 23.9 Å². The zero-order chi connectivity index (χ0) is 10.2. The summed E-state index contributed by atoms with van der Waals surface area (Å²) in [4.78, 5) is 3.90. The van der Waals surface area contributed by atoms with Gasteiger partial charge in [0.15, 0.2) is 10.9 Å². The van der Waals surface area contributed by atoms with Crippen molar-refractivity contribution in [1.29, 1.82) is 0 Å². The molecular weight excluding hydrogens is 204 g/mol. The first-order valence-corrected chi connectivity index (χ1v) is 4.73. The average Bonchev–Trinajstić information content (AvgIpc) is 2.20. The zero-order valence-corrected chi connectivity index (χ0v) is 8.29. The lowest BCUT2D eigenvalue weighted by Gasteiger charge is -2.33. The Morgan fingerprint density at radius 1 is 1.71 bits per heavy atom. The summed E-state index contributed by atoms with van der Waals surface area (Å²) in [5.74, 6) is 0.497. The normalized spacial score (nSPS) is 25.4. The molecule has 0 bridgehead atoms. The molecule has 4 nitrogen and oxygen atoms in total. The van der Waals surface area contributed by atoms with Gasteiger partial charge >= 0.3 is 0 Å².